The average Bonchev–Trinajstić information content (AvgIpc) is 2.68. The molecule has 0 amide bonds. The molecule has 2 fully saturated rings. The first-order valence-corrected chi connectivity index (χ1v) is 5.88. The Morgan fingerprint density at radius 3 is 2.67 bits per heavy atom. The molecule has 3 heteroatoms. The minimum absolute atomic E-state index is 0.0141. The van der Waals surface area contributed by atoms with Crippen LogP contribution in [-0.4, -0.2) is 36.6 Å². The van der Waals surface area contributed by atoms with E-state index in [0.717, 1.165) is 31.6 Å². The van der Waals surface area contributed by atoms with Gasteiger partial charge in [-0.15, -0.1) is 0 Å². The van der Waals surface area contributed by atoms with Gasteiger partial charge < -0.3 is 0 Å². The van der Waals surface area contributed by atoms with Crippen LogP contribution in [0.3, 0.4) is 0 Å². The second-order valence-corrected chi connectivity index (χ2v) is 5.25. The van der Waals surface area contributed by atoms with Crippen LogP contribution in [0.2, 0.25) is 0 Å². The summed E-state index contributed by atoms with van der Waals surface area (Å²) in [5, 5.41) is 3.44. The van der Waals surface area contributed by atoms with E-state index in [-0.39, 0.29) is 11.6 Å². The maximum Gasteiger partial charge on any atom is 0.127 e. The van der Waals surface area contributed by atoms with E-state index >= 15 is 0 Å². The fraction of sp³-hybridized carbons (Fsp3) is 0.833. The van der Waals surface area contributed by atoms with E-state index in [1.54, 1.807) is 0 Å². The molecule has 0 spiro atoms. The summed E-state index contributed by atoms with van der Waals surface area (Å²) in [4.78, 5) is 13.5. The molecule has 0 aromatic rings. The number of carbonyl (C=O) groups excluding carboxylic acids is 1. The zero-order valence-electron chi connectivity index (χ0n) is 9.68. The van der Waals surface area contributed by atoms with E-state index < -0.39 is 0 Å². The van der Waals surface area contributed by atoms with Crippen LogP contribution >= 0.6 is 0 Å². The van der Waals surface area contributed by atoms with Crippen molar-refractivity contribution in [2.75, 3.05) is 19.6 Å². The molecule has 1 atom stereocenters. The molecule has 0 radical (unpaired) electrons. The van der Waals surface area contributed by atoms with Gasteiger partial charge in [0.15, 0.2) is 0 Å². The normalized spacial score (nSPS) is 31.6. The van der Waals surface area contributed by atoms with E-state index in [9.17, 15) is 4.79 Å². The van der Waals surface area contributed by atoms with Gasteiger partial charge in [-0.2, -0.15) is 0 Å². The highest BCUT2D eigenvalue weighted by Crippen LogP contribution is 2.35. The molecule has 2 rings (SSSR count). The Bertz CT molecular complexity index is 286. The Labute approximate surface area is 91.5 Å². The van der Waals surface area contributed by atoms with Gasteiger partial charge in [-0.25, -0.2) is 4.79 Å². The standard InChI is InChI=1S/C12H20N2O/c1-12(2)5-6-13-11(10(12)9-15)14-7-3-4-8-14/h11,13H,3-8H2,1-2H3. The Kier molecular flexibility index (Phi) is 2.96. The van der Waals surface area contributed by atoms with Crippen molar-refractivity contribution in [2.45, 2.75) is 39.3 Å². The number of nitrogens with zero attached hydrogens (tertiary/aromatic N) is 1. The van der Waals surface area contributed by atoms with Crippen molar-refractivity contribution >= 4 is 5.94 Å². The van der Waals surface area contributed by atoms with Gasteiger partial charge in [0.2, 0.25) is 0 Å². The quantitative estimate of drug-likeness (QED) is 0.657. The van der Waals surface area contributed by atoms with Crippen molar-refractivity contribution in [3.63, 3.8) is 0 Å². The smallest absolute Gasteiger partial charge is 0.127 e. The number of hydrogen-bond acceptors (Lipinski definition) is 3. The first kappa shape index (κ1) is 10.9. The summed E-state index contributed by atoms with van der Waals surface area (Å²) in [5.74, 6) is 2.18. The second-order valence-electron chi connectivity index (χ2n) is 5.25. The third-order valence-electron chi connectivity index (χ3n) is 3.71. The van der Waals surface area contributed by atoms with Gasteiger partial charge in [0, 0.05) is 5.41 Å². The van der Waals surface area contributed by atoms with Crippen molar-refractivity contribution in [1.29, 1.82) is 0 Å². The zero-order valence-corrected chi connectivity index (χ0v) is 9.68. The first-order valence-electron chi connectivity index (χ1n) is 5.88. The van der Waals surface area contributed by atoms with Crippen molar-refractivity contribution in [2.24, 2.45) is 5.41 Å². The molecule has 84 valence electrons. The number of likely N-dealkylation sites (tertiary alicyclic amines) is 1. The van der Waals surface area contributed by atoms with Crippen molar-refractivity contribution in [3.8, 4) is 0 Å². The van der Waals surface area contributed by atoms with Gasteiger partial charge in [-0.05, 0) is 38.9 Å². The fourth-order valence-electron chi connectivity index (χ4n) is 2.63. The second kappa shape index (κ2) is 4.09. The SMILES string of the molecule is CC1(C)CCNC(N2CCCC2)C1=C=O. The largest absolute Gasteiger partial charge is 0.298 e. The van der Waals surface area contributed by atoms with Crippen molar-refractivity contribution in [1.82, 2.24) is 10.2 Å². The number of piperidine rings is 1. The number of hydrogen-bond donors (Lipinski definition) is 1. The minimum atomic E-state index is 0.0141. The lowest BCUT2D eigenvalue weighted by Crippen LogP contribution is -2.53. The molecule has 0 aromatic heterocycles. The molecule has 1 unspecified atom stereocenters. The van der Waals surface area contributed by atoms with Crippen molar-refractivity contribution < 1.29 is 4.79 Å². The summed E-state index contributed by atoms with van der Waals surface area (Å²) in [5.41, 5.74) is 0.927. The lowest BCUT2D eigenvalue weighted by molar-refractivity contribution is 0.169. The first-order chi connectivity index (χ1) is 7.15. The zero-order chi connectivity index (χ0) is 10.9. The molecule has 1 N–H and O–H groups in total. The van der Waals surface area contributed by atoms with Crippen LogP contribution in [0.5, 0.6) is 0 Å². The molecule has 2 aliphatic heterocycles. The highest BCUT2D eigenvalue weighted by atomic mass is 16.1. The van der Waals surface area contributed by atoms with E-state index in [2.05, 4.69) is 30.0 Å². The van der Waals surface area contributed by atoms with E-state index in [1.165, 1.54) is 12.8 Å². The van der Waals surface area contributed by atoms with Gasteiger partial charge in [0.25, 0.3) is 0 Å². The molecule has 2 aliphatic rings. The van der Waals surface area contributed by atoms with Crippen LogP contribution in [0.25, 0.3) is 0 Å². The molecule has 0 bridgehead atoms. The maximum absolute atomic E-state index is 11.1. The molecule has 2 saturated heterocycles. The molecule has 3 nitrogen and oxygen atoms in total. The molecule has 0 aliphatic carbocycles. The number of nitrogens with one attached hydrogen (secondary N) is 1. The fourth-order valence-corrected chi connectivity index (χ4v) is 2.63. The van der Waals surface area contributed by atoms with E-state index in [0.29, 0.717) is 0 Å². The van der Waals surface area contributed by atoms with Gasteiger partial charge >= 0.3 is 0 Å². The third kappa shape index (κ3) is 2.00. The summed E-state index contributed by atoms with van der Waals surface area (Å²) in [6, 6.07) is 0. The Morgan fingerprint density at radius 2 is 2.07 bits per heavy atom. The summed E-state index contributed by atoms with van der Waals surface area (Å²) in [7, 11) is 0. The van der Waals surface area contributed by atoms with Crippen LogP contribution in [0.4, 0.5) is 0 Å². The predicted molar refractivity (Wildman–Crippen MR) is 60.2 cm³/mol. The van der Waals surface area contributed by atoms with Crippen LogP contribution in [0, 0.1) is 5.41 Å². The summed E-state index contributed by atoms with van der Waals surface area (Å²) >= 11 is 0. The highest BCUT2D eigenvalue weighted by Gasteiger charge is 2.38. The highest BCUT2D eigenvalue weighted by molar-refractivity contribution is 5.57. The summed E-state index contributed by atoms with van der Waals surface area (Å²) in [6.07, 6.45) is 3.69. The Morgan fingerprint density at radius 1 is 1.40 bits per heavy atom. The van der Waals surface area contributed by atoms with Gasteiger partial charge in [0.05, 0.1) is 11.7 Å². The average molecular weight is 208 g/mol. The van der Waals surface area contributed by atoms with Crippen LogP contribution in [0.1, 0.15) is 33.1 Å². The van der Waals surface area contributed by atoms with Crippen LogP contribution in [0.15, 0.2) is 5.57 Å². The molecular formula is C12H20N2O. The van der Waals surface area contributed by atoms with Crippen molar-refractivity contribution in [3.05, 3.63) is 5.57 Å². The van der Waals surface area contributed by atoms with Gasteiger partial charge in [0.1, 0.15) is 5.94 Å². The number of rotatable bonds is 1. The molecule has 0 saturated carbocycles. The molecule has 2 heterocycles. The van der Waals surface area contributed by atoms with E-state index in [4.69, 9.17) is 0 Å². The lowest BCUT2D eigenvalue weighted by Gasteiger charge is -2.41. The minimum Gasteiger partial charge on any atom is -0.298 e. The van der Waals surface area contributed by atoms with Crippen LogP contribution < -0.4 is 5.32 Å². The monoisotopic (exact) mass is 208 g/mol. The van der Waals surface area contributed by atoms with Gasteiger partial charge in [-0.1, -0.05) is 13.8 Å². The lowest BCUT2D eigenvalue weighted by atomic mass is 9.77. The molecular weight excluding hydrogens is 188 g/mol. The maximum atomic E-state index is 11.1. The summed E-state index contributed by atoms with van der Waals surface area (Å²) < 4.78 is 0. The molecule has 0 aromatic carbocycles. The topological polar surface area (TPSA) is 32.3 Å². The Balaban J connectivity index is 2.19. The Hall–Kier alpha value is -0.630. The summed E-state index contributed by atoms with van der Waals surface area (Å²) in [6.45, 7) is 7.52. The molecule has 15 heavy (non-hydrogen) atoms. The van der Waals surface area contributed by atoms with Crippen LogP contribution in [-0.2, 0) is 4.79 Å². The van der Waals surface area contributed by atoms with E-state index in [1.807, 2.05) is 0 Å². The predicted octanol–water partition coefficient (Wildman–Crippen LogP) is 1.19. The van der Waals surface area contributed by atoms with Gasteiger partial charge in [-0.3, -0.25) is 10.2 Å². The third-order valence-corrected chi connectivity index (χ3v) is 3.71.